The van der Waals surface area contributed by atoms with Crippen LogP contribution in [0.2, 0.25) is 0 Å². The number of hydrogen-bond donors (Lipinski definition) is 1. The molecule has 7 heteroatoms. The highest BCUT2D eigenvalue weighted by atomic mass is 16.6. The maximum absolute atomic E-state index is 10.6. The van der Waals surface area contributed by atoms with Crippen LogP contribution in [0.15, 0.2) is 18.2 Å². The Morgan fingerprint density at radius 3 is 3.00 bits per heavy atom. The first-order valence-electron chi connectivity index (χ1n) is 5.42. The van der Waals surface area contributed by atoms with Gasteiger partial charge in [-0.1, -0.05) is 0 Å². The van der Waals surface area contributed by atoms with Crippen LogP contribution in [0, 0.1) is 21.4 Å². The second-order valence-electron chi connectivity index (χ2n) is 3.93. The summed E-state index contributed by atoms with van der Waals surface area (Å²) in [6.45, 7) is 1.47. The fourth-order valence-electron chi connectivity index (χ4n) is 1.89. The average molecular weight is 248 g/mol. The Labute approximate surface area is 104 Å². The van der Waals surface area contributed by atoms with Gasteiger partial charge in [-0.05, 0) is 6.07 Å². The summed E-state index contributed by atoms with van der Waals surface area (Å²) in [5, 5.41) is 19.4. The van der Waals surface area contributed by atoms with E-state index in [2.05, 4.69) is 0 Å². The number of nitrogen functional groups attached to an aromatic ring is 1. The molecule has 1 aliphatic rings. The van der Waals surface area contributed by atoms with E-state index >= 15 is 0 Å². The predicted octanol–water partition coefficient (Wildman–Crippen LogP) is 0.906. The Morgan fingerprint density at radius 2 is 2.39 bits per heavy atom. The number of morpholine rings is 1. The van der Waals surface area contributed by atoms with E-state index in [1.165, 1.54) is 12.1 Å². The summed E-state index contributed by atoms with van der Waals surface area (Å²) in [5.74, 6) is 0. The van der Waals surface area contributed by atoms with Crippen LogP contribution >= 0.6 is 0 Å². The van der Waals surface area contributed by atoms with Gasteiger partial charge in [0, 0.05) is 18.7 Å². The molecule has 0 bridgehead atoms. The molecule has 0 radical (unpaired) electrons. The van der Waals surface area contributed by atoms with Crippen molar-refractivity contribution in [3.05, 3.63) is 28.3 Å². The summed E-state index contributed by atoms with van der Waals surface area (Å²) in [7, 11) is 0. The molecular weight excluding hydrogens is 236 g/mol. The molecule has 94 valence electrons. The molecule has 0 spiro atoms. The Hall–Kier alpha value is -2.33. The lowest BCUT2D eigenvalue weighted by molar-refractivity contribution is -0.384. The molecule has 1 heterocycles. The molecule has 1 saturated heterocycles. The second kappa shape index (κ2) is 4.89. The van der Waals surface area contributed by atoms with Crippen molar-refractivity contribution in [1.82, 2.24) is 0 Å². The van der Waals surface area contributed by atoms with Crippen LogP contribution in [0.5, 0.6) is 0 Å². The lowest BCUT2D eigenvalue weighted by Gasteiger charge is -2.32. The molecule has 1 unspecified atom stereocenters. The zero-order valence-corrected chi connectivity index (χ0v) is 9.57. The smallest absolute Gasteiger partial charge is 0.271 e. The summed E-state index contributed by atoms with van der Waals surface area (Å²) in [6, 6.07) is 6.38. The van der Waals surface area contributed by atoms with Gasteiger partial charge in [0.25, 0.3) is 5.69 Å². The first-order chi connectivity index (χ1) is 8.61. The Balaban J connectivity index is 2.23. The maximum atomic E-state index is 10.6. The molecule has 7 nitrogen and oxygen atoms in total. The van der Waals surface area contributed by atoms with Crippen molar-refractivity contribution in [1.29, 1.82) is 5.26 Å². The number of nitriles is 1. The van der Waals surface area contributed by atoms with Crippen LogP contribution in [0.3, 0.4) is 0 Å². The van der Waals surface area contributed by atoms with Gasteiger partial charge in [0.1, 0.15) is 0 Å². The van der Waals surface area contributed by atoms with E-state index in [9.17, 15) is 10.1 Å². The standard InChI is InChI=1S/C11H12N4O3/c12-6-9-7-14(3-4-18-9)11-2-1-8(15(16)17)5-10(11)13/h1-2,5,9H,3-4,7,13H2. The van der Waals surface area contributed by atoms with Crippen molar-refractivity contribution in [2.45, 2.75) is 6.10 Å². The fraction of sp³-hybridized carbons (Fsp3) is 0.364. The summed E-state index contributed by atoms with van der Waals surface area (Å²) < 4.78 is 5.23. The van der Waals surface area contributed by atoms with Gasteiger partial charge in [-0.2, -0.15) is 5.26 Å². The highest BCUT2D eigenvalue weighted by Crippen LogP contribution is 2.28. The van der Waals surface area contributed by atoms with Gasteiger partial charge in [0.05, 0.1) is 35.5 Å². The SMILES string of the molecule is N#CC1CN(c2ccc([N+](=O)[O-])cc2N)CCO1. The van der Waals surface area contributed by atoms with E-state index in [4.69, 9.17) is 15.7 Å². The van der Waals surface area contributed by atoms with Crippen molar-refractivity contribution in [2.24, 2.45) is 0 Å². The fourth-order valence-corrected chi connectivity index (χ4v) is 1.89. The van der Waals surface area contributed by atoms with Crippen molar-refractivity contribution in [2.75, 3.05) is 30.3 Å². The topological polar surface area (TPSA) is 105 Å². The van der Waals surface area contributed by atoms with Crippen LogP contribution in [0.25, 0.3) is 0 Å². The lowest BCUT2D eigenvalue weighted by atomic mass is 10.2. The number of nitrogens with two attached hydrogens (primary N) is 1. The van der Waals surface area contributed by atoms with Crippen LogP contribution < -0.4 is 10.6 Å². The quantitative estimate of drug-likeness (QED) is 0.473. The monoisotopic (exact) mass is 248 g/mol. The first kappa shape index (κ1) is 12.1. The summed E-state index contributed by atoms with van der Waals surface area (Å²) in [4.78, 5) is 12.0. The van der Waals surface area contributed by atoms with E-state index in [0.29, 0.717) is 31.1 Å². The Bertz CT molecular complexity index is 512. The maximum Gasteiger partial charge on any atom is 0.271 e. The number of ether oxygens (including phenoxy) is 1. The van der Waals surface area contributed by atoms with Gasteiger partial charge < -0.3 is 15.4 Å². The second-order valence-corrected chi connectivity index (χ2v) is 3.93. The van der Waals surface area contributed by atoms with E-state index in [1.807, 2.05) is 11.0 Å². The largest absolute Gasteiger partial charge is 0.397 e. The first-order valence-corrected chi connectivity index (χ1v) is 5.42. The minimum atomic E-state index is -0.492. The lowest BCUT2D eigenvalue weighted by Crippen LogP contribution is -2.42. The van der Waals surface area contributed by atoms with E-state index in [0.717, 1.165) is 0 Å². The number of nitro benzene ring substituents is 1. The molecular formula is C11H12N4O3. The van der Waals surface area contributed by atoms with Crippen molar-refractivity contribution in [3.63, 3.8) is 0 Å². The molecule has 0 aromatic heterocycles. The minimum Gasteiger partial charge on any atom is -0.397 e. The number of anilines is 2. The van der Waals surface area contributed by atoms with Crippen molar-refractivity contribution < 1.29 is 9.66 Å². The number of rotatable bonds is 2. The zero-order valence-electron chi connectivity index (χ0n) is 9.57. The summed E-state index contributed by atoms with van der Waals surface area (Å²) >= 11 is 0. The van der Waals surface area contributed by atoms with Gasteiger partial charge >= 0.3 is 0 Å². The van der Waals surface area contributed by atoms with E-state index in [-0.39, 0.29) is 5.69 Å². The highest BCUT2D eigenvalue weighted by molar-refractivity contribution is 5.70. The molecule has 1 aromatic carbocycles. The highest BCUT2D eigenvalue weighted by Gasteiger charge is 2.22. The van der Waals surface area contributed by atoms with Gasteiger partial charge in [-0.25, -0.2) is 0 Å². The third kappa shape index (κ3) is 2.33. The minimum absolute atomic E-state index is 0.0404. The van der Waals surface area contributed by atoms with Gasteiger partial charge in [0.2, 0.25) is 0 Å². The van der Waals surface area contributed by atoms with Crippen molar-refractivity contribution in [3.8, 4) is 6.07 Å². The molecule has 18 heavy (non-hydrogen) atoms. The Morgan fingerprint density at radius 1 is 1.61 bits per heavy atom. The normalized spacial score (nSPS) is 19.3. The molecule has 1 aromatic rings. The summed E-state index contributed by atoms with van der Waals surface area (Å²) in [6.07, 6.45) is -0.492. The summed E-state index contributed by atoms with van der Waals surface area (Å²) in [5.41, 5.74) is 6.80. The molecule has 1 aliphatic heterocycles. The third-order valence-electron chi connectivity index (χ3n) is 2.77. The van der Waals surface area contributed by atoms with Crippen LogP contribution in [0.1, 0.15) is 0 Å². The number of nitro groups is 1. The zero-order chi connectivity index (χ0) is 13.1. The number of hydrogen-bond acceptors (Lipinski definition) is 6. The van der Waals surface area contributed by atoms with Gasteiger partial charge in [0.15, 0.2) is 6.10 Å². The molecule has 0 amide bonds. The van der Waals surface area contributed by atoms with E-state index < -0.39 is 11.0 Å². The number of nitrogens with zero attached hydrogens (tertiary/aromatic N) is 3. The molecule has 2 rings (SSSR count). The molecule has 0 saturated carbocycles. The van der Waals surface area contributed by atoms with Crippen molar-refractivity contribution >= 4 is 17.1 Å². The van der Waals surface area contributed by atoms with Gasteiger partial charge in [-0.15, -0.1) is 0 Å². The number of non-ortho nitro benzene ring substituents is 1. The number of benzene rings is 1. The predicted molar refractivity (Wildman–Crippen MR) is 65.1 cm³/mol. The van der Waals surface area contributed by atoms with Crippen LogP contribution in [0.4, 0.5) is 17.1 Å². The van der Waals surface area contributed by atoms with Crippen LogP contribution in [-0.4, -0.2) is 30.7 Å². The van der Waals surface area contributed by atoms with Crippen LogP contribution in [-0.2, 0) is 4.74 Å². The van der Waals surface area contributed by atoms with Gasteiger partial charge in [-0.3, -0.25) is 10.1 Å². The molecule has 1 fully saturated rings. The van der Waals surface area contributed by atoms with E-state index in [1.54, 1.807) is 6.07 Å². The molecule has 1 atom stereocenters. The molecule has 2 N–H and O–H groups in total. The Kier molecular flexibility index (Phi) is 3.30. The third-order valence-corrected chi connectivity index (χ3v) is 2.77. The average Bonchev–Trinajstić information content (AvgIpc) is 2.38. The molecule has 0 aliphatic carbocycles.